The molecule has 2 aliphatic rings. The molecule has 57 heavy (non-hydrogen) atoms. The fourth-order valence-corrected chi connectivity index (χ4v) is 9.94. The first-order valence-electron chi connectivity index (χ1n) is 20.2. The van der Waals surface area contributed by atoms with Crippen molar-refractivity contribution in [3.63, 3.8) is 0 Å². The van der Waals surface area contributed by atoms with Crippen molar-refractivity contribution in [2.75, 3.05) is 4.90 Å². The van der Waals surface area contributed by atoms with Crippen LogP contribution in [0.2, 0.25) is 0 Å². The van der Waals surface area contributed by atoms with E-state index in [0.29, 0.717) is 0 Å². The second-order valence-electron chi connectivity index (χ2n) is 17.0. The van der Waals surface area contributed by atoms with E-state index in [2.05, 4.69) is 221 Å². The maximum atomic E-state index is 2.44. The first kappa shape index (κ1) is 33.6. The third-order valence-corrected chi connectivity index (χ3v) is 13.0. The van der Waals surface area contributed by atoms with Crippen LogP contribution in [0.5, 0.6) is 0 Å². The summed E-state index contributed by atoms with van der Waals surface area (Å²) in [4.78, 5) is 2.40. The highest BCUT2D eigenvalue weighted by Gasteiger charge is 2.36. The summed E-state index contributed by atoms with van der Waals surface area (Å²) in [5.41, 5.74) is 18.9. The van der Waals surface area contributed by atoms with Crippen LogP contribution >= 0.6 is 0 Å². The Kier molecular flexibility index (Phi) is 7.32. The average Bonchev–Trinajstić information content (AvgIpc) is 3.63. The van der Waals surface area contributed by atoms with Crippen LogP contribution in [0.15, 0.2) is 188 Å². The molecule has 0 heterocycles. The summed E-state index contributed by atoms with van der Waals surface area (Å²) >= 11 is 0. The maximum Gasteiger partial charge on any atom is 0.0465 e. The average molecular weight is 730 g/mol. The van der Waals surface area contributed by atoms with Gasteiger partial charge in [0.05, 0.1) is 0 Å². The molecule has 0 saturated heterocycles. The highest BCUT2D eigenvalue weighted by molar-refractivity contribution is 6.15. The molecule has 1 nitrogen and oxygen atoms in total. The summed E-state index contributed by atoms with van der Waals surface area (Å²) in [7, 11) is 0. The second kappa shape index (κ2) is 12.4. The number of rotatable bonds is 6. The van der Waals surface area contributed by atoms with Gasteiger partial charge in [-0.25, -0.2) is 0 Å². The molecule has 0 bridgehead atoms. The molecule has 0 saturated carbocycles. The van der Waals surface area contributed by atoms with Crippen LogP contribution in [-0.2, 0) is 10.8 Å². The summed E-state index contributed by atoms with van der Waals surface area (Å²) in [6, 6.07) is 69.9. The van der Waals surface area contributed by atoms with Gasteiger partial charge in [-0.2, -0.15) is 0 Å². The van der Waals surface area contributed by atoms with E-state index >= 15 is 0 Å². The summed E-state index contributed by atoms with van der Waals surface area (Å²) in [6.07, 6.45) is 0. The normalized spacial score (nSPS) is 14.2. The van der Waals surface area contributed by atoms with Gasteiger partial charge in [-0.1, -0.05) is 167 Å². The van der Waals surface area contributed by atoms with Crippen LogP contribution in [0.4, 0.5) is 17.1 Å². The summed E-state index contributed by atoms with van der Waals surface area (Å²) in [5, 5.41) is 5.50. The molecule has 1 heteroatoms. The Morgan fingerprint density at radius 1 is 0.298 bits per heavy atom. The van der Waals surface area contributed by atoms with E-state index in [4.69, 9.17) is 0 Å². The smallest absolute Gasteiger partial charge is 0.0465 e. The molecule has 0 spiro atoms. The molecule has 0 radical (unpaired) electrons. The van der Waals surface area contributed by atoms with Gasteiger partial charge < -0.3 is 4.90 Å². The quantitative estimate of drug-likeness (QED) is 0.154. The molecular weight excluding hydrogens is 687 g/mol. The Morgan fingerprint density at radius 3 is 1.47 bits per heavy atom. The van der Waals surface area contributed by atoms with Crippen molar-refractivity contribution in [3.05, 3.63) is 210 Å². The highest BCUT2D eigenvalue weighted by Crippen LogP contribution is 2.52. The fourth-order valence-electron chi connectivity index (χ4n) is 9.94. The number of hydrogen-bond donors (Lipinski definition) is 0. The van der Waals surface area contributed by atoms with Crippen molar-refractivity contribution in [2.45, 2.75) is 38.5 Å². The Labute approximate surface area is 335 Å². The lowest BCUT2D eigenvalue weighted by Crippen LogP contribution is -2.16. The lowest BCUT2D eigenvalue weighted by Gasteiger charge is -2.28. The number of nitrogens with zero attached hydrogens (tertiary/aromatic N) is 1. The summed E-state index contributed by atoms with van der Waals surface area (Å²) in [6.45, 7) is 9.45. The monoisotopic (exact) mass is 729 g/mol. The predicted octanol–water partition coefficient (Wildman–Crippen LogP) is 15.4. The minimum absolute atomic E-state index is 0.0298. The van der Waals surface area contributed by atoms with Crippen molar-refractivity contribution in [2.24, 2.45) is 0 Å². The van der Waals surface area contributed by atoms with E-state index in [9.17, 15) is 0 Å². The molecule has 0 amide bonds. The topological polar surface area (TPSA) is 3.24 Å². The number of hydrogen-bond acceptors (Lipinski definition) is 1. The number of fused-ring (bicyclic) bond motifs is 3. The van der Waals surface area contributed by atoms with Crippen LogP contribution in [0, 0.1) is 0 Å². The van der Waals surface area contributed by atoms with E-state index in [1.165, 1.54) is 88.3 Å². The van der Waals surface area contributed by atoms with Gasteiger partial charge in [-0.3, -0.25) is 0 Å². The van der Waals surface area contributed by atoms with Crippen molar-refractivity contribution in [3.8, 4) is 44.5 Å². The molecule has 0 fully saturated rings. The third-order valence-electron chi connectivity index (χ3n) is 13.0. The molecule has 272 valence electrons. The van der Waals surface area contributed by atoms with Crippen molar-refractivity contribution in [1.29, 1.82) is 0 Å². The van der Waals surface area contributed by atoms with Crippen LogP contribution < -0.4 is 4.90 Å². The molecule has 2 aliphatic carbocycles. The van der Waals surface area contributed by atoms with Gasteiger partial charge in [-0.05, 0) is 137 Å². The Hall–Kier alpha value is -6.70. The first-order chi connectivity index (χ1) is 27.8. The van der Waals surface area contributed by atoms with Gasteiger partial charge in [0, 0.05) is 27.9 Å². The Bertz CT molecular complexity index is 3020. The van der Waals surface area contributed by atoms with Gasteiger partial charge in [0.25, 0.3) is 0 Å². The zero-order valence-corrected chi connectivity index (χ0v) is 32.8. The zero-order valence-electron chi connectivity index (χ0n) is 32.8. The van der Waals surface area contributed by atoms with Crippen LogP contribution in [-0.4, -0.2) is 0 Å². The molecule has 9 aromatic carbocycles. The molecular formula is C56H43N. The minimum atomic E-state index is -0.0842. The van der Waals surface area contributed by atoms with E-state index < -0.39 is 0 Å². The van der Waals surface area contributed by atoms with Crippen molar-refractivity contribution in [1.82, 2.24) is 0 Å². The molecule has 11 rings (SSSR count). The van der Waals surface area contributed by atoms with Crippen molar-refractivity contribution < 1.29 is 0 Å². The molecule has 0 unspecified atom stereocenters. The van der Waals surface area contributed by atoms with Gasteiger partial charge in [0.2, 0.25) is 0 Å². The third kappa shape index (κ3) is 5.15. The highest BCUT2D eigenvalue weighted by atomic mass is 15.1. The predicted molar refractivity (Wildman–Crippen MR) is 242 cm³/mol. The summed E-state index contributed by atoms with van der Waals surface area (Å²) in [5.74, 6) is 0. The van der Waals surface area contributed by atoms with Crippen LogP contribution in [0.1, 0.15) is 49.9 Å². The number of benzene rings is 9. The molecule has 0 N–H and O–H groups in total. The van der Waals surface area contributed by atoms with Crippen LogP contribution in [0.3, 0.4) is 0 Å². The summed E-state index contributed by atoms with van der Waals surface area (Å²) < 4.78 is 0. The molecule has 0 atom stereocenters. The minimum Gasteiger partial charge on any atom is -0.310 e. The Balaban J connectivity index is 0.944. The lowest BCUT2D eigenvalue weighted by atomic mass is 9.81. The van der Waals surface area contributed by atoms with Gasteiger partial charge >= 0.3 is 0 Å². The standard InChI is InChI=1S/C56H43N/c1-55(2)49-15-9-8-14-47(49)48-32-31-46(35-51(48)55)57(44-27-23-38(24-28-44)36-11-6-5-7-12-36)45-29-25-39(26-30-45)37-17-19-40(20-18-37)43-33-42-22-21-41-13-10-16-50-53(41)54(42)52(34-43)56(50,3)4/h5-35H,1-4H3. The maximum absolute atomic E-state index is 2.44. The van der Waals surface area contributed by atoms with E-state index in [0.717, 1.165) is 17.1 Å². The fraction of sp³-hybridized carbons (Fsp3) is 0.107. The van der Waals surface area contributed by atoms with Gasteiger partial charge in [-0.15, -0.1) is 0 Å². The van der Waals surface area contributed by atoms with E-state index in [1.54, 1.807) is 0 Å². The molecule has 0 aromatic heterocycles. The molecule has 9 aromatic rings. The lowest BCUT2D eigenvalue weighted by molar-refractivity contribution is 0.660. The van der Waals surface area contributed by atoms with Gasteiger partial charge in [0.15, 0.2) is 0 Å². The SMILES string of the molecule is CC1(C)c2ccccc2-c2ccc(N(c3ccc(-c4ccccc4)cc3)c3ccc(-c4ccc(-c5cc6c7c(ccc8cccc(c87)C6(C)C)c5)cc4)cc3)cc21. The van der Waals surface area contributed by atoms with E-state index in [-0.39, 0.29) is 10.8 Å². The molecule has 0 aliphatic heterocycles. The Morgan fingerprint density at radius 2 is 0.789 bits per heavy atom. The zero-order chi connectivity index (χ0) is 38.5. The largest absolute Gasteiger partial charge is 0.310 e. The second-order valence-corrected chi connectivity index (χ2v) is 17.0. The van der Waals surface area contributed by atoms with E-state index in [1.807, 2.05) is 0 Å². The first-order valence-corrected chi connectivity index (χ1v) is 20.2. The number of anilines is 3. The van der Waals surface area contributed by atoms with Crippen LogP contribution in [0.25, 0.3) is 66.1 Å². The van der Waals surface area contributed by atoms with Gasteiger partial charge in [0.1, 0.15) is 0 Å². The van der Waals surface area contributed by atoms with Crippen molar-refractivity contribution >= 4 is 38.6 Å².